The van der Waals surface area contributed by atoms with Crippen LogP contribution in [0.5, 0.6) is 5.75 Å². The third-order valence-electron chi connectivity index (χ3n) is 3.51. The Kier molecular flexibility index (Phi) is 4.01. The average Bonchev–Trinajstić information content (AvgIpc) is 2.64. The second-order valence-corrected chi connectivity index (χ2v) is 6.61. The van der Waals surface area contributed by atoms with Crippen LogP contribution in [0.1, 0.15) is 42.3 Å². The molecule has 0 saturated carbocycles. The highest BCUT2D eigenvalue weighted by Gasteiger charge is 2.23. The van der Waals surface area contributed by atoms with Crippen molar-refractivity contribution < 1.29 is 19.1 Å². The summed E-state index contributed by atoms with van der Waals surface area (Å²) in [6.07, 6.45) is -0.565. The Hall–Kier alpha value is -2.82. The van der Waals surface area contributed by atoms with Gasteiger partial charge in [0.05, 0.1) is 5.56 Å². The number of amides is 1. The Balaban J connectivity index is 1.89. The van der Waals surface area contributed by atoms with Gasteiger partial charge in [-0.3, -0.25) is 10.1 Å². The van der Waals surface area contributed by atoms with Gasteiger partial charge in [0.25, 0.3) is 0 Å². The van der Waals surface area contributed by atoms with Crippen LogP contribution in [0.4, 0.5) is 10.5 Å². The molecule has 2 aromatic rings. The highest BCUT2D eigenvalue weighted by Crippen LogP contribution is 2.30. The average molecular weight is 325 g/mol. The number of ether oxygens (including phenoxy) is 2. The molecule has 0 aliphatic carbocycles. The summed E-state index contributed by atoms with van der Waals surface area (Å²) in [6.45, 7) is 5.71. The summed E-state index contributed by atoms with van der Waals surface area (Å²) in [5, 5.41) is 2.64. The van der Waals surface area contributed by atoms with Crippen LogP contribution in [0, 0.1) is 0 Å². The fraction of sp³-hybridized carbons (Fsp3) is 0.263. The maximum absolute atomic E-state index is 12.8. The molecule has 124 valence electrons. The smallest absolute Gasteiger partial charge is 0.412 e. The van der Waals surface area contributed by atoms with Gasteiger partial charge in [-0.1, -0.05) is 24.3 Å². The molecule has 0 bridgehead atoms. The van der Waals surface area contributed by atoms with Gasteiger partial charge in [-0.2, -0.15) is 0 Å². The summed E-state index contributed by atoms with van der Waals surface area (Å²) in [7, 11) is 0. The molecule has 0 fully saturated rings. The van der Waals surface area contributed by atoms with Crippen molar-refractivity contribution in [3.05, 3.63) is 59.2 Å². The van der Waals surface area contributed by atoms with E-state index >= 15 is 0 Å². The predicted octanol–water partition coefficient (Wildman–Crippen LogP) is 4.16. The SMILES string of the molecule is CC(C)(C)OC(=O)Nc1ccc2c(c1)C(=O)c1ccccc1CO2. The van der Waals surface area contributed by atoms with Gasteiger partial charge >= 0.3 is 6.09 Å². The fourth-order valence-electron chi connectivity index (χ4n) is 2.50. The molecule has 1 amide bonds. The molecule has 0 radical (unpaired) electrons. The largest absolute Gasteiger partial charge is 0.488 e. The molecule has 1 N–H and O–H groups in total. The summed E-state index contributed by atoms with van der Waals surface area (Å²) < 4.78 is 10.9. The van der Waals surface area contributed by atoms with E-state index in [4.69, 9.17) is 9.47 Å². The van der Waals surface area contributed by atoms with E-state index in [1.165, 1.54) is 0 Å². The molecular formula is C19H19NO4. The second kappa shape index (κ2) is 6.00. The third-order valence-corrected chi connectivity index (χ3v) is 3.51. The van der Waals surface area contributed by atoms with Crippen LogP contribution in [0.25, 0.3) is 0 Å². The summed E-state index contributed by atoms with van der Waals surface area (Å²) in [5.41, 5.74) is 1.78. The highest BCUT2D eigenvalue weighted by molar-refractivity contribution is 6.12. The minimum absolute atomic E-state index is 0.120. The lowest BCUT2D eigenvalue weighted by Gasteiger charge is -2.20. The number of hydrogen-bond donors (Lipinski definition) is 1. The Morgan fingerprint density at radius 1 is 1.12 bits per heavy atom. The normalized spacial score (nSPS) is 13.2. The number of anilines is 1. The van der Waals surface area contributed by atoms with E-state index in [-0.39, 0.29) is 5.78 Å². The lowest BCUT2D eigenvalue weighted by Crippen LogP contribution is -2.27. The molecule has 5 nitrogen and oxygen atoms in total. The molecule has 0 spiro atoms. The maximum atomic E-state index is 12.8. The van der Waals surface area contributed by atoms with Crippen LogP contribution in [0.15, 0.2) is 42.5 Å². The molecule has 1 aliphatic rings. The zero-order chi connectivity index (χ0) is 17.3. The van der Waals surface area contributed by atoms with Crippen molar-refractivity contribution >= 4 is 17.6 Å². The van der Waals surface area contributed by atoms with E-state index in [2.05, 4.69) is 5.32 Å². The minimum Gasteiger partial charge on any atom is -0.488 e. The van der Waals surface area contributed by atoms with E-state index in [0.717, 1.165) is 5.56 Å². The summed E-state index contributed by atoms with van der Waals surface area (Å²) in [6, 6.07) is 12.3. The fourth-order valence-corrected chi connectivity index (χ4v) is 2.50. The number of hydrogen-bond acceptors (Lipinski definition) is 4. The van der Waals surface area contributed by atoms with Gasteiger partial charge in [-0.25, -0.2) is 4.79 Å². The van der Waals surface area contributed by atoms with Gasteiger partial charge in [-0.15, -0.1) is 0 Å². The summed E-state index contributed by atoms with van der Waals surface area (Å²) in [4.78, 5) is 24.7. The second-order valence-electron chi connectivity index (χ2n) is 6.61. The van der Waals surface area contributed by atoms with Crippen LogP contribution in [-0.2, 0) is 11.3 Å². The van der Waals surface area contributed by atoms with E-state index in [9.17, 15) is 9.59 Å². The van der Waals surface area contributed by atoms with Crippen LogP contribution >= 0.6 is 0 Å². The first-order valence-electron chi connectivity index (χ1n) is 7.73. The van der Waals surface area contributed by atoms with Crippen molar-refractivity contribution in [1.82, 2.24) is 0 Å². The first kappa shape index (κ1) is 16.1. The zero-order valence-electron chi connectivity index (χ0n) is 13.9. The Labute approximate surface area is 140 Å². The van der Waals surface area contributed by atoms with Crippen molar-refractivity contribution in [2.45, 2.75) is 33.0 Å². The number of carbonyl (C=O) groups excluding carboxylic acids is 2. The number of fused-ring (bicyclic) bond motifs is 2. The lowest BCUT2D eigenvalue weighted by molar-refractivity contribution is 0.0635. The first-order valence-corrected chi connectivity index (χ1v) is 7.73. The topological polar surface area (TPSA) is 64.6 Å². The zero-order valence-corrected chi connectivity index (χ0v) is 13.9. The van der Waals surface area contributed by atoms with Crippen molar-refractivity contribution in [1.29, 1.82) is 0 Å². The molecule has 0 aromatic heterocycles. The standard InChI is InChI=1S/C19H19NO4/c1-19(2,3)24-18(22)20-13-8-9-16-15(10-13)17(21)14-7-5-4-6-12(14)11-23-16/h4-10H,11H2,1-3H3,(H,20,22). The van der Waals surface area contributed by atoms with Gasteiger partial charge < -0.3 is 9.47 Å². The van der Waals surface area contributed by atoms with Gasteiger partial charge in [-0.05, 0) is 39.0 Å². The van der Waals surface area contributed by atoms with E-state index < -0.39 is 11.7 Å². The van der Waals surface area contributed by atoms with E-state index in [0.29, 0.717) is 29.2 Å². The Morgan fingerprint density at radius 3 is 2.62 bits per heavy atom. The molecule has 24 heavy (non-hydrogen) atoms. The summed E-state index contributed by atoms with van der Waals surface area (Å²) in [5.74, 6) is 0.386. The molecule has 2 aromatic carbocycles. The van der Waals surface area contributed by atoms with E-state index in [1.807, 2.05) is 18.2 Å². The van der Waals surface area contributed by atoms with E-state index in [1.54, 1.807) is 45.0 Å². The van der Waals surface area contributed by atoms with Crippen LogP contribution < -0.4 is 10.1 Å². The van der Waals surface area contributed by atoms with Gasteiger partial charge in [0.15, 0.2) is 5.78 Å². The molecule has 3 rings (SSSR count). The Bertz CT molecular complexity index is 805. The first-order chi connectivity index (χ1) is 11.3. The number of ketones is 1. The number of rotatable bonds is 1. The van der Waals surface area contributed by atoms with Crippen LogP contribution in [0.3, 0.4) is 0 Å². The highest BCUT2D eigenvalue weighted by atomic mass is 16.6. The number of nitrogens with one attached hydrogen (secondary N) is 1. The Morgan fingerprint density at radius 2 is 1.88 bits per heavy atom. The number of benzene rings is 2. The predicted molar refractivity (Wildman–Crippen MR) is 90.5 cm³/mol. The van der Waals surface area contributed by atoms with Crippen molar-refractivity contribution in [2.24, 2.45) is 0 Å². The third kappa shape index (κ3) is 3.40. The van der Waals surface area contributed by atoms with Crippen molar-refractivity contribution in [3.8, 4) is 5.75 Å². The van der Waals surface area contributed by atoms with Crippen molar-refractivity contribution in [3.63, 3.8) is 0 Å². The molecule has 0 unspecified atom stereocenters. The van der Waals surface area contributed by atoms with Gasteiger partial charge in [0.1, 0.15) is 18.0 Å². The quantitative estimate of drug-likeness (QED) is 0.855. The number of carbonyl (C=O) groups is 2. The molecule has 1 heterocycles. The van der Waals surface area contributed by atoms with Crippen LogP contribution in [-0.4, -0.2) is 17.5 Å². The van der Waals surface area contributed by atoms with Gasteiger partial charge in [0, 0.05) is 16.8 Å². The lowest BCUT2D eigenvalue weighted by atomic mass is 9.99. The molecule has 0 atom stereocenters. The monoisotopic (exact) mass is 325 g/mol. The van der Waals surface area contributed by atoms with Crippen LogP contribution in [0.2, 0.25) is 0 Å². The maximum Gasteiger partial charge on any atom is 0.412 e. The molecular weight excluding hydrogens is 306 g/mol. The molecule has 0 saturated heterocycles. The minimum atomic E-state index is -0.590. The van der Waals surface area contributed by atoms with Gasteiger partial charge in [0.2, 0.25) is 0 Å². The molecule has 5 heteroatoms. The van der Waals surface area contributed by atoms with Crippen molar-refractivity contribution in [2.75, 3.05) is 5.32 Å². The molecule has 1 aliphatic heterocycles. The summed E-state index contributed by atoms with van der Waals surface area (Å²) >= 11 is 0.